The molecule has 1 aromatic carbocycles. The van der Waals surface area contributed by atoms with Crippen LogP contribution in [0.15, 0.2) is 18.2 Å². The smallest absolute Gasteiger partial charge is 0.360 e. The fourth-order valence-electron chi connectivity index (χ4n) is 1.03. The molecule has 0 bridgehead atoms. The van der Waals surface area contributed by atoms with Crippen molar-refractivity contribution in [1.82, 2.24) is 0 Å². The molecule has 3 N–H and O–H groups in total. The van der Waals surface area contributed by atoms with Gasteiger partial charge in [-0.05, 0) is 12.1 Å². The van der Waals surface area contributed by atoms with Crippen LogP contribution in [0.5, 0.6) is 0 Å². The van der Waals surface area contributed by atoms with Crippen molar-refractivity contribution < 1.29 is 22.3 Å². The van der Waals surface area contributed by atoms with Crippen LogP contribution in [0, 0.1) is 10.1 Å². The third-order valence-corrected chi connectivity index (χ3v) is 2.98. The number of carbonyl (C=O) groups excluding carboxylic acids is 1. The number of rotatable bonds is 6. The predicted octanol–water partition coefficient (Wildman–Crippen LogP) is 0.407. The lowest BCUT2D eigenvalue weighted by Gasteiger charge is -2.07. The van der Waals surface area contributed by atoms with Gasteiger partial charge in [-0.3, -0.25) is 19.6 Å². The molecule has 0 aromatic heterocycles. The van der Waals surface area contributed by atoms with Gasteiger partial charge in [0.1, 0.15) is 11.6 Å². The number of primary amides is 1. The Morgan fingerprint density at radius 3 is 2.68 bits per heavy atom. The van der Waals surface area contributed by atoms with Crippen LogP contribution in [0.2, 0.25) is 5.02 Å². The SMILES string of the molecule is NC(=O)COS(=O)(=O)Nc1ccc(Cl)c([N+](=O)[O-])c1. The monoisotopic (exact) mass is 309 g/mol. The molecule has 0 heterocycles. The Balaban J connectivity index is 2.91. The zero-order valence-corrected chi connectivity index (χ0v) is 10.8. The van der Waals surface area contributed by atoms with Gasteiger partial charge < -0.3 is 5.73 Å². The standard InChI is InChI=1S/C8H8ClN3O6S/c9-6-2-1-5(3-7(6)12(14)15)11-19(16,17)18-4-8(10)13/h1-3,11H,4H2,(H2,10,13). The molecule has 0 unspecified atom stereocenters. The number of benzene rings is 1. The van der Waals surface area contributed by atoms with E-state index in [0.29, 0.717) is 0 Å². The van der Waals surface area contributed by atoms with Gasteiger partial charge in [0.15, 0.2) is 0 Å². The second-order valence-electron chi connectivity index (χ2n) is 3.21. The number of nitro benzene ring substituents is 1. The number of nitrogens with two attached hydrogens (primary N) is 1. The largest absolute Gasteiger partial charge is 0.368 e. The number of nitrogens with one attached hydrogen (secondary N) is 1. The quantitative estimate of drug-likeness (QED) is 0.575. The van der Waals surface area contributed by atoms with Crippen LogP contribution < -0.4 is 10.5 Å². The molecule has 0 saturated carbocycles. The molecular weight excluding hydrogens is 302 g/mol. The van der Waals surface area contributed by atoms with E-state index in [2.05, 4.69) is 4.18 Å². The van der Waals surface area contributed by atoms with E-state index in [1.165, 1.54) is 6.07 Å². The molecule has 104 valence electrons. The first-order chi connectivity index (χ1) is 8.71. The first-order valence-corrected chi connectivity index (χ1v) is 6.39. The number of nitrogens with zero attached hydrogens (tertiary/aromatic N) is 1. The van der Waals surface area contributed by atoms with Crippen LogP contribution in [0.4, 0.5) is 11.4 Å². The Morgan fingerprint density at radius 1 is 1.53 bits per heavy atom. The number of nitro groups is 1. The molecule has 0 aliphatic heterocycles. The van der Waals surface area contributed by atoms with E-state index in [4.69, 9.17) is 17.3 Å². The van der Waals surface area contributed by atoms with E-state index >= 15 is 0 Å². The summed E-state index contributed by atoms with van der Waals surface area (Å²) in [5.74, 6) is -0.979. The molecule has 0 radical (unpaired) electrons. The van der Waals surface area contributed by atoms with Gasteiger partial charge in [0.25, 0.3) is 5.69 Å². The zero-order chi connectivity index (χ0) is 14.6. The molecule has 0 fully saturated rings. The van der Waals surface area contributed by atoms with Crippen molar-refractivity contribution in [2.45, 2.75) is 0 Å². The van der Waals surface area contributed by atoms with Crippen molar-refractivity contribution >= 4 is 39.2 Å². The molecule has 0 spiro atoms. The Bertz CT molecular complexity index is 617. The number of amides is 1. The molecule has 19 heavy (non-hydrogen) atoms. The summed E-state index contributed by atoms with van der Waals surface area (Å²) < 4.78 is 28.7. The van der Waals surface area contributed by atoms with E-state index in [1.54, 1.807) is 0 Å². The van der Waals surface area contributed by atoms with Gasteiger partial charge in [-0.15, -0.1) is 0 Å². The van der Waals surface area contributed by atoms with Crippen molar-refractivity contribution in [3.8, 4) is 0 Å². The van der Waals surface area contributed by atoms with E-state index in [1.807, 2.05) is 4.72 Å². The van der Waals surface area contributed by atoms with Gasteiger partial charge in [-0.25, -0.2) is 4.18 Å². The lowest BCUT2D eigenvalue weighted by Crippen LogP contribution is -2.24. The Hall–Kier alpha value is -1.91. The summed E-state index contributed by atoms with van der Waals surface area (Å²) >= 11 is 5.55. The molecule has 1 aromatic rings. The molecule has 9 nitrogen and oxygen atoms in total. The van der Waals surface area contributed by atoms with Crippen molar-refractivity contribution in [1.29, 1.82) is 0 Å². The van der Waals surface area contributed by atoms with Crippen LogP contribution in [0.25, 0.3) is 0 Å². The average molecular weight is 310 g/mol. The Labute approximate surface area is 112 Å². The van der Waals surface area contributed by atoms with Crippen molar-refractivity contribution in [2.75, 3.05) is 11.3 Å². The molecule has 1 rings (SSSR count). The second-order valence-corrected chi connectivity index (χ2v) is 4.96. The fourth-order valence-corrected chi connectivity index (χ4v) is 1.96. The Morgan fingerprint density at radius 2 is 2.16 bits per heavy atom. The van der Waals surface area contributed by atoms with Gasteiger partial charge in [-0.2, -0.15) is 8.42 Å². The number of hydrogen-bond donors (Lipinski definition) is 2. The summed E-state index contributed by atoms with van der Waals surface area (Å²) in [7, 11) is -4.30. The number of carbonyl (C=O) groups is 1. The summed E-state index contributed by atoms with van der Waals surface area (Å²) in [5, 5.41) is 10.5. The first kappa shape index (κ1) is 15.1. The van der Waals surface area contributed by atoms with Gasteiger partial charge in [0.2, 0.25) is 5.91 Å². The highest BCUT2D eigenvalue weighted by atomic mass is 35.5. The van der Waals surface area contributed by atoms with Crippen LogP contribution in [0.3, 0.4) is 0 Å². The topological polar surface area (TPSA) is 142 Å². The molecule has 1 amide bonds. The molecule has 0 aliphatic carbocycles. The maximum absolute atomic E-state index is 11.3. The Kier molecular flexibility index (Phi) is 4.64. The van der Waals surface area contributed by atoms with E-state index in [-0.39, 0.29) is 10.7 Å². The van der Waals surface area contributed by atoms with Gasteiger partial charge >= 0.3 is 10.3 Å². The van der Waals surface area contributed by atoms with E-state index in [9.17, 15) is 23.3 Å². The summed E-state index contributed by atoms with van der Waals surface area (Å²) in [6.45, 7) is -0.842. The predicted molar refractivity (Wildman–Crippen MR) is 65.8 cm³/mol. The van der Waals surface area contributed by atoms with Crippen LogP contribution in [0.1, 0.15) is 0 Å². The van der Waals surface area contributed by atoms with Gasteiger partial charge in [0.05, 0.1) is 10.6 Å². The highest BCUT2D eigenvalue weighted by Gasteiger charge is 2.17. The maximum Gasteiger partial charge on any atom is 0.360 e. The number of hydrogen-bond acceptors (Lipinski definition) is 6. The van der Waals surface area contributed by atoms with E-state index in [0.717, 1.165) is 12.1 Å². The third kappa shape index (κ3) is 4.69. The second kappa shape index (κ2) is 5.82. The third-order valence-electron chi connectivity index (χ3n) is 1.74. The minimum absolute atomic E-state index is 0.138. The number of halogens is 1. The van der Waals surface area contributed by atoms with E-state index < -0.39 is 33.4 Å². The normalized spacial score (nSPS) is 11.0. The van der Waals surface area contributed by atoms with Crippen molar-refractivity contribution in [2.24, 2.45) is 5.73 Å². The van der Waals surface area contributed by atoms with Crippen molar-refractivity contribution in [3.05, 3.63) is 33.3 Å². The minimum Gasteiger partial charge on any atom is -0.368 e. The fraction of sp³-hybridized carbons (Fsp3) is 0.125. The molecular formula is C8H8ClN3O6S. The highest BCUT2D eigenvalue weighted by Crippen LogP contribution is 2.27. The number of anilines is 1. The molecule has 0 saturated heterocycles. The lowest BCUT2D eigenvalue weighted by molar-refractivity contribution is -0.384. The molecule has 11 heteroatoms. The summed E-state index contributed by atoms with van der Waals surface area (Å²) in [5.41, 5.74) is 4.10. The summed E-state index contributed by atoms with van der Waals surface area (Å²) in [4.78, 5) is 20.2. The summed E-state index contributed by atoms with van der Waals surface area (Å²) in [6, 6.07) is 3.25. The zero-order valence-electron chi connectivity index (χ0n) is 9.20. The average Bonchev–Trinajstić information content (AvgIpc) is 2.28. The molecule has 0 aliphatic rings. The lowest BCUT2D eigenvalue weighted by atomic mass is 10.3. The maximum atomic E-state index is 11.3. The summed E-state index contributed by atoms with van der Waals surface area (Å²) in [6.07, 6.45) is 0. The van der Waals surface area contributed by atoms with Gasteiger partial charge in [-0.1, -0.05) is 11.6 Å². The van der Waals surface area contributed by atoms with Crippen LogP contribution >= 0.6 is 11.6 Å². The highest BCUT2D eigenvalue weighted by molar-refractivity contribution is 7.88. The van der Waals surface area contributed by atoms with Crippen molar-refractivity contribution in [3.63, 3.8) is 0 Å². The first-order valence-electron chi connectivity index (χ1n) is 4.60. The van der Waals surface area contributed by atoms with Crippen LogP contribution in [-0.4, -0.2) is 25.9 Å². The molecule has 0 atom stereocenters. The van der Waals surface area contributed by atoms with Gasteiger partial charge in [0, 0.05) is 6.07 Å². The van der Waals surface area contributed by atoms with Crippen LogP contribution in [-0.2, 0) is 19.3 Å². The minimum atomic E-state index is -4.30.